The zero-order chi connectivity index (χ0) is 15.2. The molecule has 0 unspecified atom stereocenters. The predicted molar refractivity (Wildman–Crippen MR) is 74.9 cm³/mol. The van der Waals surface area contributed by atoms with E-state index in [2.05, 4.69) is 15.4 Å². The summed E-state index contributed by atoms with van der Waals surface area (Å²) in [5.74, 6) is -1.24. The number of benzene rings is 1. The Bertz CT molecular complexity index is 570. The molecule has 1 aliphatic rings. The summed E-state index contributed by atoms with van der Waals surface area (Å²) in [5, 5.41) is 5.67. The summed E-state index contributed by atoms with van der Waals surface area (Å²) in [4.78, 5) is 34.0. The normalized spacial score (nSPS) is 12.7. The molecule has 0 fully saturated rings. The maximum absolute atomic E-state index is 11.6. The van der Waals surface area contributed by atoms with Crippen LogP contribution in [0.3, 0.4) is 0 Å². The molecule has 0 saturated heterocycles. The molecule has 0 saturated carbocycles. The van der Waals surface area contributed by atoms with Crippen molar-refractivity contribution in [1.82, 2.24) is 0 Å². The fourth-order valence-corrected chi connectivity index (χ4v) is 1.89. The van der Waals surface area contributed by atoms with Gasteiger partial charge in [0.25, 0.3) is 0 Å². The van der Waals surface area contributed by atoms with Gasteiger partial charge in [-0.15, -0.1) is 0 Å². The highest BCUT2D eigenvalue weighted by molar-refractivity contribution is 6.00. The summed E-state index contributed by atoms with van der Waals surface area (Å²) >= 11 is 0. The third kappa shape index (κ3) is 4.20. The number of esters is 2. The van der Waals surface area contributed by atoms with Crippen LogP contribution in [0.25, 0.3) is 0 Å². The number of anilines is 2. The summed E-state index contributed by atoms with van der Waals surface area (Å²) in [6, 6.07) is 5.24. The van der Waals surface area contributed by atoms with Crippen LogP contribution >= 0.6 is 0 Å². The van der Waals surface area contributed by atoms with Crippen LogP contribution in [0, 0.1) is 0 Å². The molecule has 0 radical (unpaired) electrons. The van der Waals surface area contributed by atoms with E-state index in [1.165, 1.54) is 0 Å². The number of ether oxygens (including phenoxy) is 2. The van der Waals surface area contributed by atoms with E-state index >= 15 is 0 Å². The second-order valence-electron chi connectivity index (χ2n) is 4.42. The lowest BCUT2D eigenvalue weighted by Gasteiger charge is -2.19. The molecule has 7 heteroatoms. The van der Waals surface area contributed by atoms with Gasteiger partial charge in [0.15, 0.2) is 6.61 Å². The molecule has 2 N–H and O–H groups in total. The molecule has 1 aromatic carbocycles. The van der Waals surface area contributed by atoms with Crippen LogP contribution in [-0.2, 0) is 30.3 Å². The Hall–Kier alpha value is -2.57. The van der Waals surface area contributed by atoms with Gasteiger partial charge in [0.2, 0.25) is 5.91 Å². The maximum atomic E-state index is 11.6. The highest BCUT2D eigenvalue weighted by Crippen LogP contribution is 2.25. The fraction of sp³-hybridized carbons (Fsp3) is 0.357. The van der Waals surface area contributed by atoms with Gasteiger partial charge in [-0.2, -0.15) is 0 Å². The minimum absolute atomic E-state index is 0.0164. The third-order valence-electron chi connectivity index (χ3n) is 2.80. The van der Waals surface area contributed by atoms with E-state index in [0.29, 0.717) is 11.3 Å². The number of amides is 1. The number of hydrogen-bond donors (Lipinski definition) is 2. The molecule has 0 aliphatic carbocycles. The Balaban J connectivity index is 1.91. The number of carbonyl (C=O) groups is 3. The molecular weight excluding hydrogens is 276 g/mol. The largest absolute Gasteiger partial charge is 0.463 e. The van der Waals surface area contributed by atoms with Crippen LogP contribution < -0.4 is 10.6 Å². The van der Waals surface area contributed by atoms with Gasteiger partial charge < -0.3 is 20.1 Å². The highest BCUT2D eigenvalue weighted by atomic mass is 16.6. The summed E-state index contributed by atoms with van der Waals surface area (Å²) in [5.41, 5.74) is 2.12. The van der Waals surface area contributed by atoms with Crippen molar-refractivity contribution in [3.63, 3.8) is 0 Å². The van der Waals surface area contributed by atoms with Crippen molar-refractivity contribution in [1.29, 1.82) is 0 Å². The first-order valence-electron chi connectivity index (χ1n) is 6.56. The minimum Gasteiger partial charge on any atom is -0.463 e. The zero-order valence-electron chi connectivity index (χ0n) is 11.6. The molecule has 1 aromatic rings. The van der Waals surface area contributed by atoms with E-state index < -0.39 is 18.5 Å². The number of hydrogen-bond acceptors (Lipinski definition) is 6. The Morgan fingerprint density at radius 1 is 1.19 bits per heavy atom. The van der Waals surface area contributed by atoms with Crippen LogP contribution in [0.4, 0.5) is 11.4 Å². The van der Waals surface area contributed by atoms with E-state index in [1.807, 2.05) is 0 Å². The van der Waals surface area contributed by atoms with E-state index in [1.54, 1.807) is 25.1 Å². The van der Waals surface area contributed by atoms with Crippen LogP contribution in [-0.4, -0.2) is 37.6 Å². The molecule has 1 aliphatic heterocycles. The van der Waals surface area contributed by atoms with Crippen LogP contribution in [0.15, 0.2) is 18.2 Å². The van der Waals surface area contributed by atoms with E-state index in [4.69, 9.17) is 4.74 Å². The maximum Gasteiger partial charge on any atom is 0.344 e. The predicted octanol–water partition coefficient (Wildman–Crippen LogP) is 0.699. The number of fused-ring (bicyclic) bond motifs is 1. The molecule has 1 heterocycles. The van der Waals surface area contributed by atoms with E-state index in [-0.39, 0.29) is 25.5 Å². The molecule has 0 bridgehead atoms. The third-order valence-corrected chi connectivity index (χ3v) is 2.80. The molecule has 21 heavy (non-hydrogen) atoms. The topological polar surface area (TPSA) is 93.7 Å². The standard InChI is InChI=1S/C14H16N2O5/c1-2-20-14(19)8-21-13(18)6-9-3-4-10-11(5-9)16-12(17)7-15-10/h3-5,15H,2,6-8H2,1H3,(H,16,17). The van der Waals surface area contributed by atoms with Gasteiger partial charge in [-0.3, -0.25) is 9.59 Å². The van der Waals surface area contributed by atoms with Crippen LogP contribution in [0.5, 0.6) is 0 Å². The van der Waals surface area contributed by atoms with E-state index in [0.717, 1.165) is 5.69 Å². The fourth-order valence-electron chi connectivity index (χ4n) is 1.89. The first-order chi connectivity index (χ1) is 10.1. The molecule has 0 aromatic heterocycles. The molecule has 0 atom stereocenters. The SMILES string of the molecule is CCOC(=O)COC(=O)Cc1ccc2c(c1)NC(=O)CN2. The van der Waals surface area contributed by atoms with Crippen molar-refractivity contribution in [3.8, 4) is 0 Å². The Labute approximate surface area is 121 Å². The average Bonchev–Trinajstić information content (AvgIpc) is 2.45. The Morgan fingerprint density at radius 2 is 2.00 bits per heavy atom. The Morgan fingerprint density at radius 3 is 2.76 bits per heavy atom. The summed E-state index contributed by atoms with van der Waals surface area (Å²) in [6.07, 6.45) is 0.0164. The van der Waals surface area contributed by atoms with Crippen LogP contribution in [0.2, 0.25) is 0 Å². The monoisotopic (exact) mass is 292 g/mol. The lowest BCUT2D eigenvalue weighted by molar-refractivity contribution is -0.158. The molecule has 1 amide bonds. The van der Waals surface area contributed by atoms with Crippen molar-refractivity contribution in [2.75, 3.05) is 30.4 Å². The van der Waals surface area contributed by atoms with E-state index in [9.17, 15) is 14.4 Å². The second-order valence-corrected chi connectivity index (χ2v) is 4.42. The number of carbonyl (C=O) groups excluding carboxylic acids is 3. The highest BCUT2D eigenvalue weighted by Gasteiger charge is 2.15. The van der Waals surface area contributed by atoms with Crippen molar-refractivity contribution < 1.29 is 23.9 Å². The molecular formula is C14H16N2O5. The lowest BCUT2D eigenvalue weighted by Crippen LogP contribution is -2.27. The van der Waals surface area contributed by atoms with Crippen molar-refractivity contribution >= 4 is 29.2 Å². The molecule has 7 nitrogen and oxygen atoms in total. The van der Waals surface area contributed by atoms with Crippen molar-refractivity contribution in [2.45, 2.75) is 13.3 Å². The summed E-state index contributed by atoms with van der Waals surface area (Å²) in [6.45, 7) is 1.76. The van der Waals surface area contributed by atoms with Gasteiger partial charge in [0.05, 0.1) is 30.9 Å². The Kier molecular flexibility index (Phi) is 4.76. The molecule has 2 rings (SSSR count). The zero-order valence-corrected chi connectivity index (χ0v) is 11.6. The molecule has 0 spiro atoms. The molecule has 112 valence electrons. The van der Waals surface area contributed by atoms with Gasteiger partial charge in [-0.05, 0) is 24.6 Å². The smallest absolute Gasteiger partial charge is 0.344 e. The quantitative estimate of drug-likeness (QED) is 0.776. The van der Waals surface area contributed by atoms with Gasteiger partial charge in [0.1, 0.15) is 0 Å². The summed E-state index contributed by atoms with van der Waals surface area (Å²) < 4.78 is 9.47. The average molecular weight is 292 g/mol. The van der Waals surface area contributed by atoms with Gasteiger partial charge in [-0.1, -0.05) is 6.07 Å². The summed E-state index contributed by atoms with van der Waals surface area (Å²) in [7, 11) is 0. The minimum atomic E-state index is -0.576. The van der Waals surface area contributed by atoms with Gasteiger partial charge in [0, 0.05) is 0 Å². The van der Waals surface area contributed by atoms with Gasteiger partial charge >= 0.3 is 11.9 Å². The first kappa shape index (κ1) is 14.8. The second kappa shape index (κ2) is 6.74. The van der Waals surface area contributed by atoms with Gasteiger partial charge in [-0.25, -0.2) is 4.79 Å². The van der Waals surface area contributed by atoms with Crippen molar-refractivity contribution in [3.05, 3.63) is 23.8 Å². The number of rotatable bonds is 5. The van der Waals surface area contributed by atoms with Crippen molar-refractivity contribution in [2.24, 2.45) is 0 Å². The number of nitrogens with one attached hydrogen (secondary N) is 2. The van der Waals surface area contributed by atoms with Crippen LogP contribution in [0.1, 0.15) is 12.5 Å². The lowest BCUT2D eigenvalue weighted by atomic mass is 10.1. The first-order valence-corrected chi connectivity index (χ1v) is 6.56.